The molecule has 0 saturated carbocycles. The van der Waals surface area contributed by atoms with Gasteiger partial charge in [-0.2, -0.15) is 0 Å². The van der Waals surface area contributed by atoms with E-state index in [1.54, 1.807) is 55.4 Å². The Bertz CT molecular complexity index is 1830. The van der Waals surface area contributed by atoms with Crippen molar-refractivity contribution >= 4 is 41.6 Å². The molecule has 0 radical (unpaired) electrons. The third-order valence-corrected chi connectivity index (χ3v) is 10.1. The van der Waals surface area contributed by atoms with Gasteiger partial charge in [-0.05, 0) is 117 Å². The number of carbonyl (C=O) groups excluding carboxylic acids is 7. The van der Waals surface area contributed by atoms with Crippen LogP contribution in [-0.2, 0) is 51.1 Å². The van der Waals surface area contributed by atoms with Crippen LogP contribution in [0.5, 0.6) is 0 Å². The van der Waals surface area contributed by atoms with E-state index in [0.717, 1.165) is 11.1 Å². The van der Waals surface area contributed by atoms with Crippen LogP contribution in [0.15, 0.2) is 60.7 Å². The Labute approximate surface area is 381 Å². The van der Waals surface area contributed by atoms with Gasteiger partial charge in [0, 0.05) is 24.9 Å². The fourth-order valence-electron chi connectivity index (χ4n) is 6.84. The predicted molar refractivity (Wildman–Crippen MR) is 248 cm³/mol. The molecule has 15 heteroatoms. The average molecular weight is 893 g/mol. The second kappa shape index (κ2) is 25.7. The number of nitrogens with one attached hydrogen (secondary N) is 6. The summed E-state index contributed by atoms with van der Waals surface area (Å²) < 4.78 is 10.5. The summed E-state index contributed by atoms with van der Waals surface area (Å²) in [6.07, 6.45) is 1.30. The number of hydrogen-bond donors (Lipinski definition) is 6. The molecule has 0 heterocycles. The van der Waals surface area contributed by atoms with Crippen LogP contribution in [0, 0.1) is 11.8 Å². The van der Waals surface area contributed by atoms with E-state index in [1.165, 1.54) is 0 Å². The number of carbonyl (C=O) groups is 7. The van der Waals surface area contributed by atoms with Gasteiger partial charge in [-0.1, -0.05) is 88.4 Å². The highest BCUT2D eigenvalue weighted by Crippen LogP contribution is 2.16. The molecule has 0 aromatic heterocycles. The van der Waals surface area contributed by atoms with Crippen LogP contribution in [0.2, 0.25) is 0 Å². The zero-order chi connectivity index (χ0) is 48.3. The van der Waals surface area contributed by atoms with Gasteiger partial charge in [-0.25, -0.2) is 4.79 Å². The average Bonchev–Trinajstić information content (AvgIpc) is 3.18. The molecule has 64 heavy (non-hydrogen) atoms. The summed E-state index contributed by atoms with van der Waals surface area (Å²) in [5, 5.41) is 17.2. The maximum absolute atomic E-state index is 13.9. The molecule has 0 aliphatic rings. The van der Waals surface area contributed by atoms with E-state index in [-0.39, 0.29) is 43.7 Å². The number of rotatable bonds is 25. The van der Waals surface area contributed by atoms with Gasteiger partial charge in [-0.3, -0.25) is 28.8 Å². The normalized spacial score (nSPS) is 13.7. The number of ether oxygens (including phenoxy) is 2. The molecule has 2 rings (SSSR count). The Kier molecular flexibility index (Phi) is 22.0. The molecule has 0 aliphatic carbocycles. The third-order valence-electron chi connectivity index (χ3n) is 10.1. The summed E-state index contributed by atoms with van der Waals surface area (Å²) in [7, 11) is 0. The van der Waals surface area contributed by atoms with Gasteiger partial charge in [0.25, 0.3) is 0 Å². The highest BCUT2D eigenvalue weighted by atomic mass is 16.6. The lowest BCUT2D eigenvalue weighted by atomic mass is 9.96. The number of alkyl carbamates (subject to hydrolysis) is 1. The molecule has 0 spiro atoms. The summed E-state index contributed by atoms with van der Waals surface area (Å²) in [6, 6.07) is 16.1. The van der Waals surface area contributed by atoms with Crippen LogP contribution in [0.4, 0.5) is 4.79 Å². The van der Waals surface area contributed by atoms with Crippen molar-refractivity contribution in [3.63, 3.8) is 0 Å². The topological polar surface area (TPSA) is 210 Å². The highest BCUT2D eigenvalue weighted by Gasteiger charge is 2.36. The molecule has 356 valence electrons. The van der Waals surface area contributed by atoms with E-state index in [4.69, 9.17) is 9.47 Å². The van der Waals surface area contributed by atoms with Crippen molar-refractivity contribution in [1.82, 2.24) is 31.9 Å². The first kappa shape index (κ1) is 54.7. The van der Waals surface area contributed by atoms with E-state index < -0.39 is 76.5 Å². The van der Waals surface area contributed by atoms with Crippen molar-refractivity contribution in [1.29, 1.82) is 0 Å². The summed E-state index contributed by atoms with van der Waals surface area (Å²) in [6.45, 7) is 21.1. The van der Waals surface area contributed by atoms with Crippen LogP contribution >= 0.6 is 0 Å². The Morgan fingerprint density at radius 3 is 1.36 bits per heavy atom. The Morgan fingerprint density at radius 1 is 0.562 bits per heavy atom. The largest absolute Gasteiger partial charge is 0.466 e. The molecule has 15 nitrogen and oxygen atoms in total. The van der Waals surface area contributed by atoms with E-state index >= 15 is 0 Å². The SMILES string of the molecule is CCOC(=O)CC[C@@H](Cc1ccccc1)NC(=O)C(C)(C)NC(=O)[C@H](CC(C)C)NC(=O)CC[C@@H](Cc1ccccc1)NC(=O)C(C)(C)NC(=O)[C@H](CC(C)C)NC(=O)OC(C)(C)C. The molecule has 0 saturated heterocycles. The lowest BCUT2D eigenvalue weighted by molar-refractivity contribution is -0.143. The van der Waals surface area contributed by atoms with Crippen molar-refractivity contribution in [2.75, 3.05) is 6.61 Å². The smallest absolute Gasteiger partial charge is 0.408 e. The maximum Gasteiger partial charge on any atom is 0.408 e. The van der Waals surface area contributed by atoms with Gasteiger partial charge >= 0.3 is 12.1 Å². The van der Waals surface area contributed by atoms with Crippen LogP contribution in [0.25, 0.3) is 0 Å². The monoisotopic (exact) mass is 893 g/mol. The molecule has 0 aliphatic heterocycles. The molecule has 2 aromatic carbocycles. The molecule has 2 aromatic rings. The molecule has 0 unspecified atom stereocenters. The Hall–Kier alpha value is -5.47. The minimum Gasteiger partial charge on any atom is -0.466 e. The van der Waals surface area contributed by atoms with Crippen LogP contribution in [0.3, 0.4) is 0 Å². The van der Waals surface area contributed by atoms with E-state index in [9.17, 15) is 33.6 Å². The lowest BCUT2D eigenvalue weighted by Crippen LogP contribution is -2.61. The number of hydrogen-bond acceptors (Lipinski definition) is 9. The van der Waals surface area contributed by atoms with E-state index in [2.05, 4.69) is 31.9 Å². The van der Waals surface area contributed by atoms with Crippen molar-refractivity contribution in [2.24, 2.45) is 11.8 Å². The fourth-order valence-corrected chi connectivity index (χ4v) is 6.84. The van der Waals surface area contributed by atoms with Gasteiger partial charge in [0.15, 0.2) is 0 Å². The van der Waals surface area contributed by atoms with Crippen molar-refractivity contribution in [3.05, 3.63) is 71.8 Å². The van der Waals surface area contributed by atoms with Gasteiger partial charge in [0.1, 0.15) is 28.8 Å². The number of esters is 1. The van der Waals surface area contributed by atoms with Crippen LogP contribution in [-0.4, -0.2) is 89.1 Å². The zero-order valence-electron chi connectivity index (χ0n) is 40.3. The quantitative estimate of drug-likeness (QED) is 0.0663. The second-order valence-electron chi connectivity index (χ2n) is 19.4. The second-order valence-corrected chi connectivity index (χ2v) is 19.4. The van der Waals surface area contributed by atoms with E-state index in [0.29, 0.717) is 32.1 Å². The minimum atomic E-state index is -1.42. The fraction of sp³-hybridized carbons (Fsp3) is 0.612. The molecule has 6 amide bonds. The Morgan fingerprint density at radius 2 is 0.969 bits per heavy atom. The molecule has 0 fully saturated rings. The highest BCUT2D eigenvalue weighted by molar-refractivity contribution is 5.95. The van der Waals surface area contributed by atoms with Gasteiger partial charge in [0.2, 0.25) is 29.5 Å². The molecule has 4 atom stereocenters. The predicted octanol–water partition coefficient (Wildman–Crippen LogP) is 5.82. The summed E-state index contributed by atoms with van der Waals surface area (Å²) >= 11 is 0. The number of benzene rings is 2. The van der Waals surface area contributed by atoms with E-state index in [1.807, 2.05) is 88.4 Å². The van der Waals surface area contributed by atoms with Gasteiger partial charge in [-0.15, -0.1) is 0 Å². The molecular formula is C49H76N6O9. The molecular weight excluding hydrogens is 817 g/mol. The summed E-state index contributed by atoms with van der Waals surface area (Å²) in [5.41, 5.74) is -1.69. The first-order valence-electron chi connectivity index (χ1n) is 22.6. The zero-order valence-corrected chi connectivity index (χ0v) is 40.3. The van der Waals surface area contributed by atoms with Crippen molar-refractivity contribution < 1.29 is 43.0 Å². The summed E-state index contributed by atoms with van der Waals surface area (Å²) in [4.78, 5) is 93.5. The van der Waals surface area contributed by atoms with Gasteiger partial charge in [0.05, 0.1) is 6.61 Å². The molecule has 0 bridgehead atoms. The first-order chi connectivity index (χ1) is 29.8. The molecule has 6 N–H and O–H groups in total. The standard InChI is InChI=1S/C49H76N6O9/c1-13-63-41(57)27-25-37(31-35-22-18-15-19-23-35)51-45(61)48(9,10)54-42(58)38(28-32(2)3)52-40(56)26-24-36(30-34-20-16-14-17-21-34)50-44(60)49(11,12)55-43(59)39(29-33(4)5)53-46(62)64-47(6,7)8/h14-23,32-33,36-39H,13,24-31H2,1-12H3,(H,50,60)(H,51,61)(H,52,56)(H,53,62)(H,54,58)(H,55,59)/t36-,37-,38-,39-/m0/s1. The minimum absolute atomic E-state index is 0.00754. The van der Waals surface area contributed by atoms with Crippen LogP contribution in [0.1, 0.15) is 133 Å². The summed E-state index contributed by atoms with van der Waals surface area (Å²) in [5.74, 6) is -2.76. The maximum atomic E-state index is 13.9. The Balaban J connectivity index is 2.19. The van der Waals surface area contributed by atoms with Gasteiger partial charge < -0.3 is 41.4 Å². The lowest BCUT2D eigenvalue weighted by Gasteiger charge is -2.31. The van der Waals surface area contributed by atoms with Crippen molar-refractivity contribution in [2.45, 2.75) is 175 Å². The third kappa shape index (κ3) is 21.3. The number of amides is 6. The van der Waals surface area contributed by atoms with Crippen LogP contribution < -0.4 is 31.9 Å². The van der Waals surface area contributed by atoms with Crippen molar-refractivity contribution in [3.8, 4) is 0 Å². The first-order valence-corrected chi connectivity index (χ1v) is 22.6.